The number of nitrogens with zero attached hydrogens (tertiary/aromatic N) is 1. The second-order valence-electron chi connectivity index (χ2n) is 4.14. The summed E-state index contributed by atoms with van der Waals surface area (Å²) in [6.45, 7) is 0. The van der Waals surface area contributed by atoms with Gasteiger partial charge in [0.1, 0.15) is 5.82 Å². The van der Waals surface area contributed by atoms with E-state index < -0.39 is 5.97 Å². The van der Waals surface area contributed by atoms with Crippen LogP contribution in [0.15, 0.2) is 58.6 Å². The van der Waals surface area contributed by atoms with Crippen LogP contribution in [-0.4, -0.2) is 27.7 Å². The molecule has 0 unspecified atom stereocenters. The van der Waals surface area contributed by atoms with Crippen LogP contribution in [0.4, 0.5) is 4.39 Å². The number of hydrogen-bond donors (Lipinski definition) is 2. The summed E-state index contributed by atoms with van der Waals surface area (Å²) in [5, 5.41) is 21.4. The van der Waals surface area contributed by atoms with Crippen LogP contribution in [0, 0.1) is 5.82 Å². The van der Waals surface area contributed by atoms with Gasteiger partial charge in [-0.15, -0.1) is 11.8 Å². The molecular formula is C15H12FNO3S. The molecular weight excluding hydrogens is 293 g/mol. The molecule has 0 aliphatic carbocycles. The number of aromatic carboxylic acids is 1. The van der Waals surface area contributed by atoms with E-state index in [-0.39, 0.29) is 17.1 Å². The fourth-order valence-corrected chi connectivity index (χ4v) is 2.73. The summed E-state index contributed by atoms with van der Waals surface area (Å²) < 4.78 is 12.9. The number of oxime groups is 1. The first-order valence-corrected chi connectivity index (χ1v) is 7.02. The Bertz CT molecular complexity index is 671. The number of carboxylic acids is 1. The number of hydrogen-bond acceptors (Lipinski definition) is 4. The third kappa shape index (κ3) is 3.82. The van der Waals surface area contributed by atoms with Gasteiger partial charge in [0.2, 0.25) is 0 Å². The number of benzene rings is 2. The van der Waals surface area contributed by atoms with E-state index in [4.69, 9.17) is 10.3 Å². The van der Waals surface area contributed by atoms with Gasteiger partial charge in [0.15, 0.2) is 0 Å². The lowest BCUT2D eigenvalue weighted by atomic mass is 10.1. The minimum absolute atomic E-state index is 0.193. The molecule has 2 aromatic rings. The van der Waals surface area contributed by atoms with Gasteiger partial charge in [0, 0.05) is 16.2 Å². The Morgan fingerprint density at radius 3 is 2.43 bits per heavy atom. The smallest absolute Gasteiger partial charge is 0.336 e. The molecule has 0 aromatic heterocycles. The second-order valence-corrected chi connectivity index (χ2v) is 5.16. The van der Waals surface area contributed by atoms with Crippen molar-refractivity contribution in [2.45, 2.75) is 4.90 Å². The molecule has 0 radical (unpaired) electrons. The van der Waals surface area contributed by atoms with Crippen LogP contribution in [0.2, 0.25) is 0 Å². The highest BCUT2D eigenvalue weighted by Gasteiger charge is 2.12. The van der Waals surface area contributed by atoms with Crippen LogP contribution < -0.4 is 0 Å². The van der Waals surface area contributed by atoms with Crippen LogP contribution in [0.3, 0.4) is 0 Å². The average Bonchev–Trinajstić information content (AvgIpc) is 2.50. The fourth-order valence-electron chi connectivity index (χ4n) is 1.73. The van der Waals surface area contributed by atoms with E-state index in [1.54, 1.807) is 18.2 Å². The van der Waals surface area contributed by atoms with Crippen molar-refractivity contribution in [3.8, 4) is 0 Å². The lowest BCUT2D eigenvalue weighted by Gasteiger charge is -2.07. The molecule has 0 fully saturated rings. The van der Waals surface area contributed by atoms with Crippen LogP contribution >= 0.6 is 11.8 Å². The molecule has 21 heavy (non-hydrogen) atoms. The Labute approximate surface area is 124 Å². The van der Waals surface area contributed by atoms with Crippen LogP contribution in [0.25, 0.3) is 0 Å². The summed E-state index contributed by atoms with van der Waals surface area (Å²) in [5.41, 5.74) is 1.12. The maximum atomic E-state index is 12.9. The standard InChI is InChI=1S/C15H12FNO3S/c16-11-7-5-10(6-8-11)13(17-20)9-21-14-4-2-1-3-12(14)15(18)19/h1-8,20H,9H2,(H,18,19)/b17-13+. The average molecular weight is 305 g/mol. The predicted octanol–water partition coefficient (Wildman–Crippen LogP) is 3.49. The molecule has 0 amide bonds. The van der Waals surface area contributed by atoms with Gasteiger partial charge in [-0.1, -0.05) is 29.4 Å². The van der Waals surface area contributed by atoms with Gasteiger partial charge in [-0.05, 0) is 24.3 Å². The van der Waals surface area contributed by atoms with Gasteiger partial charge >= 0.3 is 5.97 Å². The van der Waals surface area contributed by atoms with E-state index in [9.17, 15) is 9.18 Å². The first-order valence-electron chi connectivity index (χ1n) is 6.04. The Kier molecular flexibility index (Phi) is 4.94. The molecule has 0 atom stereocenters. The van der Waals surface area contributed by atoms with Crippen LogP contribution in [0.1, 0.15) is 15.9 Å². The van der Waals surface area contributed by atoms with Gasteiger partial charge in [-0.3, -0.25) is 0 Å². The maximum Gasteiger partial charge on any atom is 0.336 e. The number of halogens is 1. The molecule has 0 spiro atoms. The zero-order valence-corrected chi connectivity index (χ0v) is 11.7. The van der Waals surface area contributed by atoms with E-state index in [2.05, 4.69) is 5.16 Å². The molecule has 0 saturated carbocycles. The molecule has 0 heterocycles. The zero-order valence-electron chi connectivity index (χ0n) is 10.9. The summed E-state index contributed by atoms with van der Waals surface area (Å²) in [4.78, 5) is 11.7. The van der Waals surface area contributed by atoms with Crippen LogP contribution in [0.5, 0.6) is 0 Å². The van der Waals surface area contributed by atoms with E-state index in [0.29, 0.717) is 16.2 Å². The van der Waals surface area contributed by atoms with Crippen molar-refractivity contribution in [1.29, 1.82) is 0 Å². The number of thioether (sulfide) groups is 1. The van der Waals surface area contributed by atoms with Crippen molar-refractivity contribution in [1.82, 2.24) is 0 Å². The summed E-state index contributed by atoms with van der Waals surface area (Å²) in [5.74, 6) is -1.12. The van der Waals surface area contributed by atoms with Gasteiger partial charge in [-0.25, -0.2) is 9.18 Å². The van der Waals surface area contributed by atoms with Crippen LogP contribution in [-0.2, 0) is 0 Å². The third-order valence-corrected chi connectivity index (χ3v) is 3.86. The summed E-state index contributed by atoms with van der Waals surface area (Å²) >= 11 is 1.24. The van der Waals surface area contributed by atoms with Crippen molar-refractivity contribution >= 4 is 23.4 Å². The highest BCUT2D eigenvalue weighted by atomic mass is 32.2. The molecule has 0 aliphatic rings. The third-order valence-electron chi connectivity index (χ3n) is 2.78. The Hall–Kier alpha value is -2.34. The van der Waals surface area contributed by atoms with Crippen molar-refractivity contribution < 1.29 is 19.5 Å². The minimum Gasteiger partial charge on any atom is -0.478 e. The Morgan fingerprint density at radius 2 is 1.81 bits per heavy atom. The minimum atomic E-state index is -1.01. The number of rotatable bonds is 5. The van der Waals surface area contributed by atoms with Gasteiger partial charge in [-0.2, -0.15) is 0 Å². The second kappa shape index (κ2) is 6.90. The highest BCUT2D eigenvalue weighted by Crippen LogP contribution is 2.24. The van der Waals surface area contributed by atoms with Crippen molar-refractivity contribution in [3.05, 3.63) is 65.5 Å². The first kappa shape index (κ1) is 15.1. The topological polar surface area (TPSA) is 69.9 Å². The molecule has 0 saturated heterocycles. The SMILES string of the molecule is O=C(O)c1ccccc1SC/C(=N\O)c1ccc(F)cc1. The summed E-state index contributed by atoms with van der Waals surface area (Å²) in [6.07, 6.45) is 0. The quantitative estimate of drug-likeness (QED) is 0.384. The first-order chi connectivity index (χ1) is 10.1. The van der Waals surface area contributed by atoms with E-state index in [1.165, 1.54) is 42.1 Å². The molecule has 0 aliphatic heterocycles. The summed E-state index contributed by atoms with van der Waals surface area (Å²) in [7, 11) is 0. The van der Waals surface area contributed by atoms with Crippen molar-refractivity contribution in [2.24, 2.45) is 5.16 Å². The van der Waals surface area contributed by atoms with E-state index in [1.807, 2.05) is 0 Å². The molecule has 2 N–H and O–H groups in total. The van der Waals surface area contributed by atoms with Gasteiger partial charge in [0.25, 0.3) is 0 Å². The lowest BCUT2D eigenvalue weighted by molar-refractivity contribution is 0.0693. The normalized spacial score (nSPS) is 11.4. The zero-order chi connectivity index (χ0) is 15.2. The monoisotopic (exact) mass is 305 g/mol. The lowest BCUT2D eigenvalue weighted by Crippen LogP contribution is -2.06. The maximum absolute atomic E-state index is 12.9. The highest BCUT2D eigenvalue weighted by molar-refractivity contribution is 8.00. The van der Waals surface area contributed by atoms with Gasteiger partial charge < -0.3 is 10.3 Å². The number of carbonyl (C=O) groups is 1. The Balaban J connectivity index is 2.15. The molecule has 4 nitrogen and oxygen atoms in total. The molecule has 0 bridgehead atoms. The summed E-state index contributed by atoms with van der Waals surface area (Å²) in [6, 6.07) is 12.2. The molecule has 6 heteroatoms. The van der Waals surface area contributed by atoms with E-state index in [0.717, 1.165) is 0 Å². The number of carboxylic acid groups (broad SMARTS) is 1. The Morgan fingerprint density at radius 1 is 1.14 bits per heavy atom. The predicted molar refractivity (Wildman–Crippen MR) is 78.8 cm³/mol. The van der Waals surface area contributed by atoms with Crippen molar-refractivity contribution in [3.63, 3.8) is 0 Å². The van der Waals surface area contributed by atoms with E-state index >= 15 is 0 Å². The largest absolute Gasteiger partial charge is 0.478 e. The molecule has 2 rings (SSSR count). The molecule has 2 aromatic carbocycles. The van der Waals surface area contributed by atoms with Gasteiger partial charge in [0.05, 0.1) is 11.3 Å². The fraction of sp³-hybridized carbons (Fsp3) is 0.0667. The molecule has 108 valence electrons. The van der Waals surface area contributed by atoms with Crippen molar-refractivity contribution in [2.75, 3.05) is 5.75 Å².